The summed E-state index contributed by atoms with van der Waals surface area (Å²) in [7, 11) is 0. The van der Waals surface area contributed by atoms with Crippen LogP contribution in [0.25, 0.3) is 15.8 Å². The van der Waals surface area contributed by atoms with E-state index in [0.29, 0.717) is 6.54 Å². The molecule has 0 aliphatic rings. The first-order chi connectivity index (χ1) is 6.90. The van der Waals surface area contributed by atoms with Crippen LogP contribution in [0.3, 0.4) is 0 Å². The van der Waals surface area contributed by atoms with Gasteiger partial charge in [0.2, 0.25) is 0 Å². The fourth-order valence-corrected chi connectivity index (χ4v) is 2.95. The van der Waals surface area contributed by atoms with Crippen molar-refractivity contribution < 1.29 is 0 Å². The number of nitrogens with two attached hydrogens (primary N) is 1. The third-order valence-electron chi connectivity index (χ3n) is 1.81. The lowest BCUT2D eigenvalue weighted by Gasteiger charge is -1.87. The minimum absolute atomic E-state index is 0.603. The van der Waals surface area contributed by atoms with Gasteiger partial charge in [0.05, 0.1) is 0 Å². The molecule has 0 radical (unpaired) electrons. The summed E-state index contributed by atoms with van der Waals surface area (Å²) >= 11 is 3.57. The summed E-state index contributed by atoms with van der Waals surface area (Å²) in [5.41, 5.74) is 5.40. The highest BCUT2D eigenvalue weighted by Gasteiger charge is 2.00. The average Bonchev–Trinajstić information content (AvgIpc) is 2.85. The molecule has 0 aliphatic carbocycles. The molecule has 0 unspecified atom stereocenters. The lowest BCUT2D eigenvalue weighted by atomic mass is 10.3. The van der Waals surface area contributed by atoms with Crippen LogP contribution in [-0.2, 0) is 0 Å². The minimum Gasteiger partial charge on any atom is -0.327 e. The van der Waals surface area contributed by atoms with Gasteiger partial charge in [0, 0.05) is 21.2 Å². The molecule has 0 saturated heterocycles. The Hall–Kier alpha value is -0.900. The molecule has 0 aromatic carbocycles. The SMILES string of the molecule is NCC=Cc1ccc(-c2cccs2)s1. The van der Waals surface area contributed by atoms with Crippen molar-refractivity contribution in [2.24, 2.45) is 5.73 Å². The van der Waals surface area contributed by atoms with Crippen molar-refractivity contribution in [3.8, 4) is 9.75 Å². The first kappa shape index (κ1) is 9.65. The molecular weight excluding hydrogens is 210 g/mol. The van der Waals surface area contributed by atoms with Crippen molar-refractivity contribution >= 4 is 28.7 Å². The molecule has 0 fully saturated rings. The van der Waals surface area contributed by atoms with Gasteiger partial charge in [-0.2, -0.15) is 0 Å². The monoisotopic (exact) mass is 221 g/mol. The van der Waals surface area contributed by atoms with E-state index in [1.807, 2.05) is 6.08 Å². The Balaban J connectivity index is 2.22. The van der Waals surface area contributed by atoms with Gasteiger partial charge >= 0.3 is 0 Å². The maximum atomic E-state index is 5.40. The molecule has 72 valence electrons. The predicted octanol–water partition coefficient (Wildman–Crippen LogP) is 3.45. The molecule has 1 nitrogen and oxygen atoms in total. The Labute approximate surface area is 91.5 Å². The molecule has 2 rings (SSSR count). The van der Waals surface area contributed by atoms with E-state index in [4.69, 9.17) is 5.73 Å². The highest BCUT2D eigenvalue weighted by molar-refractivity contribution is 7.21. The normalized spacial score (nSPS) is 11.2. The van der Waals surface area contributed by atoms with Crippen LogP contribution >= 0.6 is 22.7 Å². The molecule has 0 atom stereocenters. The number of hydrogen-bond donors (Lipinski definition) is 1. The second-order valence-corrected chi connectivity index (χ2v) is 4.88. The van der Waals surface area contributed by atoms with E-state index < -0.39 is 0 Å². The molecule has 2 aromatic heterocycles. The molecule has 2 N–H and O–H groups in total. The fraction of sp³-hybridized carbons (Fsp3) is 0.0909. The Morgan fingerprint density at radius 3 is 2.86 bits per heavy atom. The molecule has 3 heteroatoms. The van der Waals surface area contributed by atoms with Crippen LogP contribution in [-0.4, -0.2) is 6.54 Å². The molecule has 0 spiro atoms. The Bertz CT molecular complexity index is 412. The second kappa shape index (κ2) is 4.55. The van der Waals surface area contributed by atoms with Gasteiger partial charge in [0.25, 0.3) is 0 Å². The van der Waals surface area contributed by atoms with Gasteiger partial charge in [-0.3, -0.25) is 0 Å². The Morgan fingerprint density at radius 1 is 1.21 bits per heavy atom. The number of hydrogen-bond acceptors (Lipinski definition) is 3. The zero-order valence-corrected chi connectivity index (χ0v) is 9.28. The topological polar surface area (TPSA) is 26.0 Å². The van der Waals surface area contributed by atoms with Crippen molar-refractivity contribution in [3.63, 3.8) is 0 Å². The second-order valence-electron chi connectivity index (χ2n) is 2.82. The van der Waals surface area contributed by atoms with Crippen LogP contribution in [0.15, 0.2) is 35.7 Å². The predicted molar refractivity (Wildman–Crippen MR) is 65.7 cm³/mol. The van der Waals surface area contributed by atoms with E-state index in [9.17, 15) is 0 Å². The van der Waals surface area contributed by atoms with E-state index in [2.05, 4.69) is 35.7 Å². The van der Waals surface area contributed by atoms with Gasteiger partial charge in [-0.25, -0.2) is 0 Å². The zero-order valence-electron chi connectivity index (χ0n) is 7.64. The van der Waals surface area contributed by atoms with Crippen LogP contribution < -0.4 is 5.73 Å². The van der Waals surface area contributed by atoms with E-state index in [1.54, 1.807) is 22.7 Å². The van der Waals surface area contributed by atoms with E-state index >= 15 is 0 Å². The summed E-state index contributed by atoms with van der Waals surface area (Å²) in [4.78, 5) is 3.93. The molecule has 0 saturated carbocycles. The maximum Gasteiger partial charge on any atom is 0.0448 e. The molecular formula is C11H11NS2. The summed E-state index contributed by atoms with van der Waals surface area (Å²) in [5, 5.41) is 2.10. The van der Waals surface area contributed by atoms with Crippen LogP contribution in [0.5, 0.6) is 0 Å². The van der Waals surface area contributed by atoms with Gasteiger partial charge in [0.1, 0.15) is 0 Å². The largest absolute Gasteiger partial charge is 0.327 e. The standard InChI is InChI=1S/C11H11NS2/c12-7-1-3-9-5-6-11(14-9)10-4-2-8-13-10/h1-6,8H,7,12H2. The minimum atomic E-state index is 0.603. The van der Waals surface area contributed by atoms with E-state index in [-0.39, 0.29) is 0 Å². The van der Waals surface area contributed by atoms with Gasteiger partial charge in [-0.05, 0) is 29.7 Å². The Morgan fingerprint density at radius 2 is 2.14 bits per heavy atom. The lowest BCUT2D eigenvalue weighted by Crippen LogP contribution is -1.91. The smallest absolute Gasteiger partial charge is 0.0448 e. The Kier molecular flexibility index (Phi) is 3.14. The molecule has 0 aliphatic heterocycles. The summed E-state index contributed by atoms with van der Waals surface area (Å²) in [6, 6.07) is 8.51. The van der Waals surface area contributed by atoms with Crippen molar-refractivity contribution in [2.75, 3.05) is 6.54 Å². The van der Waals surface area contributed by atoms with Crippen LogP contribution in [0.2, 0.25) is 0 Å². The van der Waals surface area contributed by atoms with Crippen LogP contribution in [0.4, 0.5) is 0 Å². The average molecular weight is 221 g/mol. The fourth-order valence-electron chi connectivity index (χ4n) is 1.18. The first-order valence-corrected chi connectivity index (χ1v) is 6.10. The summed E-state index contributed by atoms with van der Waals surface area (Å²) in [5.74, 6) is 0. The van der Waals surface area contributed by atoms with Crippen molar-refractivity contribution in [1.82, 2.24) is 0 Å². The van der Waals surface area contributed by atoms with Crippen molar-refractivity contribution in [2.45, 2.75) is 0 Å². The highest BCUT2D eigenvalue weighted by atomic mass is 32.1. The first-order valence-electron chi connectivity index (χ1n) is 4.40. The van der Waals surface area contributed by atoms with Gasteiger partial charge in [0.15, 0.2) is 0 Å². The summed E-state index contributed by atoms with van der Waals surface area (Å²) in [6.07, 6.45) is 4.05. The molecule has 0 amide bonds. The quantitative estimate of drug-likeness (QED) is 0.844. The third kappa shape index (κ3) is 2.12. The summed E-state index contributed by atoms with van der Waals surface area (Å²) < 4.78 is 0. The highest BCUT2D eigenvalue weighted by Crippen LogP contribution is 2.31. The van der Waals surface area contributed by atoms with Crippen LogP contribution in [0, 0.1) is 0 Å². The molecule has 14 heavy (non-hydrogen) atoms. The number of thiophene rings is 2. The van der Waals surface area contributed by atoms with Crippen molar-refractivity contribution in [3.05, 3.63) is 40.6 Å². The molecule has 2 heterocycles. The van der Waals surface area contributed by atoms with E-state index in [0.717, 1.165) is 0 Å². The summed E-state index contributed by atoms with van der Waals surface area (Å²) in [6.45, 7) is 0.603. The van der Waals surface area contributed by atoms with Gasteiger partial charge in [-0.15, -0.1) is 22.7 Å². The molecule has 2 aromatic rings. The van der Waals surface area contributed by atoms with Crippen molar-refractivity contribution in [1.29, 1.82) is 0 Å². The zero-order chi connectivity index (χ0) is 9.80. The lowest BCUT2D eigenvalue weighted by molar-refractivity contribution is 1.26. The van der Waals surface area contributed by atoms with E-state index in [1.165, 1.54) is 14.6 Å². The molecule has 0 bridgehead atoms. The maximum absolute atomic E-state index is 5.40. The van der Waals surface area contributed by atoms with Gasteiger partial charge in [-0.1, -0.05) is 12.1 Å². The number of rotatable bonds is 3. The van der Waals surface area contributed by atoms with Gasteiger partial charge < -0.3 is 5.73 Å². The third-order valence-corrected chi connectivity index (χ3v) is 3.93. The van der Waals surface area contributed by atoms with Crippen LogP contribution in [0.1, 0.15) is 4.88 Å².